The number of nitrogens with one attached hydrogen (secondary N) is 2. The molecule has 1 saturated heterocycles. The summed E-state index contributed by atoms with van der Waals surface area (Å²) in [7, 11) is 0.0596. The summed E-state index contributed by atoms with van der Waals surface area (Å²) in [5.41, 5.74) is 7.19. The largest absolute Gasteiger partial charge is 0.397 e. The van der Waals surface area contributed by atoms with Gasteiger partial charge in [0.2, 0.25) is 10.0 Å². The summed E-state index contributed by atoms with van der Waals surface area (Å²) in [6, 6.07) is 5.07. The van der Waals surface area contributed by atoms with Gasteiger partial charge in [0, 0.05) is 6.04 Å². The standard InChI is InChI=1S/C13H22N4O2S/c1-15-20(18,19)11-3-4-12(14)13(9-11)16-10-5-7-17(2)8-6-10/h3-4,9-10,15-16H,5-8,14H2,1-2H3. The number of nitrogens with zero attached hydrogens (tertiary/aromatic N) is 1. The molecular formula is C13H22N4O2S. The number of likely N-dealkylation sites (tertiary alicyclic amines) is 1. The number of sulfonamides is 1. The minimum atomic E-state index is -3.44. The molecule has 0 radical (unpaired) electrons. The van der Waals surface area contributed by atoms with Crippen LogP contribution in [0.5, 0.6) is 0 Å². The summed E-state index contributed by atoms with van der Waals surface area (Å²) in [4.78, 5) is 2.51. The van der Waals surface area contributed by atoms with Crippen LogP contribution in [0, 0.1) is 0 Å². The van der Waals surface area contributed by atoms with Crippen LogP contribution in [-0.4, -0.2) is 46.5 Å². The van der Waals surface area contributed by atoms with Crippen molar-refractivity contribution >= 4 is 21.4 Å². The second kappa shape index (κ2) is 5.99. The van der Waals surface area contributed by atoms with Crippen LogP contribution in [0.1, 0.15) is 12.8 Å². The highest BCUT2D eigenvalue weighted by Gasteiger charge is 2.18. The molecule has 0 atom stereocenters. The minimum Gasteiger partial charge on any atom is -0.397 e. The van der Waals surface area contributed by atoms with Crippen LogP contribution < -0.4 is 15.8 Å². The highest BCUT2D eigenvalue weighted by Crippen LogP contribution is 2.25. The summed E-state index contributed by atoms with van der Waals surface area (Å²) >= 11 is 0. The summed E-state index contributed by atoms with van der Waals surface area (Å²) in [6.45, 7) is 2.07. The molecule has 7 heteroatoms. The Morgan fingerprint density at radius 2 is 1.95 bits per heavy atom. The van der Waals surface area contributed by atoms with E-state index in [9.17, 15) is 8.42 Å². The van der Waals surface area contributed by atoms with Gasteiger partial charge in [0.25, 0.3) is 0 Å². The smallest absolute Gasteiger partial charge is 0.240 e. The van der Waals surface area contributed by atoms with Crippen LogP contribution in [0.4, 0.5) is 11.4 Å². The monoisotopic (exact) mass is 298 g/mol. The molecule has 1 aromatic rings. The van der Waals surface area contributed by atoms with Crippen LogP contribution in [0.2, 0.25) is 0 Å². The lowest BCUT2D eigenvalue weighted by molar-refractivity contribution is 0.264. The number of nitrogens with two attached hydrogens (primary N) is 1. The molecule has 0 aliphatic carbocycles. The molecule has 4 N–H and O–H groups in total. The Kier molecular flexibility index (Phi) is 4.52. The molecule has 0 amide bonds. The zero-order valence-corrected chi connectivity index (χ0v) is 12.7. The molecule has 0 bridgehead atoms. The first-order chi connectivity index (χ1) is 9.42. The van der Waals surface area contributed by atoms with Gasteiger partial charge in [-0.1, -0.05) is 0 Å². The normalized spacial score (nSPS) is 18.1. The highest BCUT2D eigenvalue weighted by molar-refractivity contribution is 7.89. The number of anilines is 2. The number of rotatable bonds is 4. The lowest BCUT2D eigenvalue weighted by atomic mass is 10.1. The van der Waals surface area contributed by atoms with Crippen LogP contribution >= 0.6 is 0 Å². The second-order valence-corrected chi connectivity index (χ2v) is 7.07. The third-order valence-electron chi connectivity index (χ3n) is 3.68. The van der Waals surface area contributed by atoms with Gasteiger partial charge in [0.15, 0.2) is 0 Å². The molecule has 0 unspecified atom stereocenters. The van der Waals surface area contributed by atoms with E-state index in [0.717, 1.165) is 25.9 Å². The number of hydrogen-bond acceptors (Lipinski definition) is 5. The van der Waals surface area contributed by atoms with Gasteiger partial charge in [0.05, 0.1) is 16.3 Å². The van der Waals surface area contributed by atoms with Crippen molar-refractivity contribution < 1.29 is 8.42 Å². The molecule has 20 heavy (non-hydrogen) atoms. The third kappa shape index (κ3) is 3.41. The average Bonchev–Trinajstić information content (AvgIpc) is 2.43. The van der Waals surface area contributed by atoms with Crippen LogP contribution in [0.3, 0.4) is 0 Å². The average molecular weight is 298 g/mol. The molecule has 0 saturated carbocycles. The summed E-state index contributed by atoms with van der Waals surface area (Å²) in [6.07, 6.45) is 2.05. The van der Waals surface area contributed by atoms with E-state index < -0.39 is 10.0 Å². The summed E-state index contributed by atoms with van der Waals surface area (Å²) in [5.74, 6) is 0. The molecule has 2 rings (SSSR count). The Labute approximate surface area is 120 Å². The number of nitrogen functional groups attached to an aromatic ring is 1. The van der Waals surface area contributed by atoms with Crippen LogP contribution in [-0.2, 0) is 10.0 Å². The summed E-state index contributed by atoms with van der Waals surface area (Å²) < 4.78 is 25.9. The van der Waals surface area contributed by atoms with E-state index in [0.29, 0.717) is 17.4 Å². The molecule has 1 aromatic carbocycles. The fraction of sp³-hybridized carbons (Fsp3) is 0.538. The third-order valence-corrected chi connectivity index (χ3v) is 5.09. The van der Waals surface area contributed by atoms with Crippen LogP contribution in [0.25, 0.3) is 0 Å². The van der Waals surface area contributed by atoms with E-state index in [1.807, 2.05) is 0 Å². The first kappa shape index (κ1) is 15.1. The van der Waals surface area contributed by atoms with Crippen LogP contribution in [0.15, 0.2) is 23.1 Å². The molecule has 1 heterocycles. The van der Waals surface area contributed by atoms with E-state index in [-0.39, 0.29) is 4.90 Å². The fourth-order valence-electron chi connectivity index (χ4n) is 2.32. The summed E-state index contributed by atoms with van der Waals surface area (Å²) in [5, 5.41) is 3.36. The number of piperidine rings is 1. The second-order valence-electron chi connectivity index (χ2n) is 5.18. The SMILES string of the molecule is CNS(=O)(=O)c1ccc(N)c(NC2CCN(C)CC2)c1. The van der Waals surface area contributed by atoms with Gasteiger partial charge < -0.3 is 16.0 Å². The molecule has 112 valence electrons. The van der Waals surface area contributed by atoms with Gasteiger partial charge in [-0.25, -0.2) is 13.1 Å². The molecule has 0 spiro atoms. The van der Waals surface area contributed by atoms with Crippen molar-refractivity contribution in [3.8, 4) is 0 Å². The predicted molar refractivity (Wildman–Crippen MR) is 81.2 cm³/mol. The topological polar surface area (TPSA) is 87.5 Å². The Balaban J connectivity index is 2.17. The molecule has 1 fully saturated rings. The van der Waals surface area contributed by atoms with Crippen molar-refractivity contribution in [1.82, 2.24) is 9.62 Å². The molecule has 1 aliphatic heterocycles. The molecule has 1 aliphatic rings. The van der Waals surface area contributed by atoms with Gasteiger partial charge in [-0.3, -0.25) is 0 Å². The van der Waals surface area contributed by atoms with E-state index in [1.54, 1.807) is 12.1 Å². The predicted octanol–water partition coefficient (Wildman–Crippen LogP) is 0.683. The fourth-order valence-corrected chi connectivity index (χ4v) is 3.07. The first-order valence-corrected chi connectivity index (χ1v) is 8.19. The lowest BCUT2D eigenvalue weighted by Gasteiger charge is -2.30. The number of hydrogen-bond donors (Lipinski definition) is 3. The van der Waals surface area contributed by atoms with E-state index in [2.05, 4.69) is 22.0 Å². The maximum atomic E-state index is 11.8. The van der Waals surface area contributed by atoms with Crippen molar-refractivity contribution in [3.05, 3.63) is 18.2 Å². The molecule has 0 aromatic heterocycles. The Morgan fingerprint density at radius 3 is 2.55 bits per heavy atom. The lowest BCUT2D eigenvalue weighted by Crippen LogP contribution is -2.36. The minimum absolute atomic E-state index is 0.227. The van der Waals surface area contributed by atoms with Crippen molar-refractivity contribution in [2.75, 3.05) is 38.2 Å². The van der Waals surface area contributed by atoms with Crippen molar-refractivity contribution in [1.29, 1.82) is 0 Å². The van der Waals surface area contributed by atoms with E-state index >= 15 is 0 Å². The Bertz CT molecular complexity index is 566. The van der Waals surface area contributed by atoms with Gasteiger partial charge >= 0.3 is 0 Å². The van der Waals surface area contributed by atoms with E-state index in [4.69, 9.17) is 5.73 Å². The Hall–Kier alpha value is -1.31. The maximum absolute atomic E-state index is 11.8. The van der Waals surface area contributed by atoms with Crippen molar-refractivity contribution in [3.63, 3.8) is 0 Å². The van der Waals surface area contributed by atoms with Gasteiger partial charge in [0.1, 0.15) is 0 Å². The quantitative estimate of drug-likeness (QED) is 0.712. The van der Waals surface area contributed by atoms with E-state index in [1.165, 1.54) is 13.1 Å². The molecular weight excluding hydrogens is 276 g/mol. The Morgan fingerprint density at radius 1 is 1.30 bits per heavy atom. The maximum Gasteiger partial charge on any atom is 0.240 e. The zero-order chi connectivity index (χ0) is 14.8. The van der Waals surface area contributed by atoms with Gasteiger partial charge in [-0.2, -0.15) is 0 Å². The van der Waals surface area contributed by atoms with Crippen molar-refractivity contribution in [2.45, 2.75) is 23.8 Å². The van der Waals surface area contributed by atoms with Gasteiger partial charge in [-0.15, -0.1) is 0 Å². The highest BCUT2D eigenvalue weighted by atomic mass is 32.2. The van der Waals surface area contributed by atoms with Crippen molar-refractivity contribution in [2.24, 2.45) is 0 Å². The zero-order valence-electron chi connectivity index (χ0n) is 11.9. The number of benzene rings is 1. The van der Waals surface area contributed by atoms with Gasteiger partial charge in [-0.05, 0) is 58.2 Å². The molecule has 6 nitrogen and oxygen atoms in total. The first-order valence-electron chi connectivity index (χ1n) is 6.70.